The van der Waals surface area contributed by atoms with Gasteiger partial charge < -0.3 is 10.6 Å². The molecule has 0 aromatic heterocycles. The van der Waals surface area contributed by atoms with Crippen molar-refractivity contribution in [2.24, 2.45) is 11.7 Å². The molecule has 0 aliphatic heterocycles. The number of anilines is 1. The maximum absolute atomic E-state index is 8.97. The van der Waals surface area contributed by atoms with E-state index in [1.165, 1.54) is 25.7 Å². The molecule has 1 aliphatic carbocycles. The molecule has 0 radical (unpaired) electrons. The highest BCUT2D eigenvalue weighted by Crippen LogP contribution is 2.32. The van der Waals surface area contributed by atoms with Crippen molar-refractivity contribution in [2.75, 3.05) is 18.0 Å². The smallest absolute Gasteiger partial charge is 0.101 e. The van der Waals surface area contributed by atoms with Gasteiger partial charge in [-0.05, 0) is 50.4 Å². The van der Waals surface area contributed by atoms with E-state index in [4.69, 9.17) is 22.6 Å². The van der Waals surface area contributed by atoms with E-state index < -0.39 is 0 Å². The van der Waals surface area contributed by atoms with E-state index in [0.29, 0.717) is 22.5 Å². The number of nitrogens with zero attached hydrogens (tertiary/aromatic N) is 2. The van der Waals surface area contributed by atoms with Crippen molar-refractivity contribution in [1.82, 2.24) is 0 Å². The molecule has 0 saturated heterocycles. The number of hydrogen-bond acceptors (Lipinski definition) is 3. The molecule has 3 nitrogen and oxygen atoms in total. The van der Waals surface area contributed by atoms with Gasteiger partial charge in [0.25, 0.3) is 0 Å². The fraction of sp³-hybridized carbons (Fsp3) is 0.562. The Morgan fingerprint density at radius 3 is 2.75 bits per heavy atom. The first-order valence-corrected chi connectivity index (χ1v) is 7.75. The summed E-state index contributed by atoms with van der Waals surface area (Å²) in [4.78, 5) is 2.39. The van der Waals surface area contributed by atoms with Crippen LogP contribution in [0, 0.1) is 17.2 Å². The molecule has 1 aromatic carbocycles. The topological polar surface area (TPSA) is 53.0 Å². The Bertz CT molecular complexity index is 495. The van der Waals surface area contributed by atoms with Gasteiger partial charge in [0.2, 0.25) is 0 Å². The largest absolute Gasteiger partial charge is 0.368 e. The lowest BCUT2D eigenvalue weighted by Gasteiger charge is -2.40. The van der Waals surface area contributed by atoms with Gasteiger partial charge in [-0.25, -0.2) is 0 Å². The van der Waals surface area contributed by atoms with E-state index in [1.807, 2.05) is 12.1 Å². The molecule has 2 rings (SSSR count). The quantitative estimate of drug-likeness (QED) is 0.923. The van der Waals surface area contributed by atoms with E-state index >= 15 is 0 Å². The number of halogens is 1. The van der Waals surface area contributed by atoms with E-state index in [0.717, 1.165) is 18.8 Å². The zero-order valence-electron chi connectivity index (χ0n) is 12.0. The molecule has 1 aromatic rings. The van der Waals surface area contributed by atoms with Crippen LogP contribution in [0.25, 0.3) is 0 Å². The van der Waals surface area contributed by atoms with Crippen molar-refractivity contribution in [2.45, 2.75) is 38.6 Å². The van der Waals surface area contributed by atoms with Crippen molar-refractivity contribution in [1.29, 1.82) is 5.26 Å². The van der Waals surface area contributed by atoms with E-state index in [-0.39, 0.29) is 0 Å². The minimum Gasteiger partial charge on any atom is -0.368 e. The Morgan fingerprint density at radius 2 is 2.15 bits per heavy atom. The van der Waals surface area contributed by atoms with Gasteiger partial charge in [0.05, 0.1) is 10.6 Å². The summed E-state index contributed by atoms with van der Waals surface area (Å²) in [5, 5.41) is 9.50. The summed E-state index contributed by atoms with van der Waals surface area (Å²) in [6.07, 6.45) is 4.95. The van der Waals surface area contributed by atoms with Crippen LogP contribution in [0.1, 0.15) is 38.2 Å². The molecule has 1 saturated carbocycles. The molecule has 0 heterocycles. The third-order valence-corrected chi connectivity index (χ3v) is 4.63. The van der Waals surface area contributed by atoms with Crippen LogP contribution >= 0.6 is 11.6 Å². The Hall–Kier alpha value is -1.24. The Morgan fingerprint density at radius 1 is 1.40 bits per heavy atom. The summed E-state index contributed by atoms with van der Waals surface area (Å²) in [6, 6.07) is 8.31. The van der Waals surface area contributed by atoms with Crippen molar-refractivity contribution < 1.29 is 0 Å². The number of hydrogen-bond donors (Lipinski definition) is 1. The van der Waals surface area contributed by atoms with Crippen LogP contribution in [0.5, 0.6) is 0 Å². The van der Waals surface area contributed by atoms with Gasteiger partial charge in [-0.15, -0.1) is 0 Å². The van der Waals surface area contributed by atoms with Crippen LogP contribution in [0.3, 0.4) is 0 Å². The second kappa shape index (κ2) is 6.97. The lowest BCUT2D eigenvalue weighted by molar-refractivity contribution is 0.300. The van der Waals surface area contributed by atoms with Gasteiger partial charge in [0.15, 0.2) is 0 Å². The van der Waals surface area contributed by atoms with Crippen LogP contribution in [0.15, 0.2) is 18.2 Å². The summed E-state index contributed by atoms with van der Waals surface area (Å²) < 4.78 is 0. The third-order valence-electron chi connectivity index (χ3n) is 4.32. The van der Waals surface area contributed by atoms with Crippen LogP contribution in [-0.4, -0.2) is 19.1 Å². The third kappa shape index (κ3) is 3.08. The molecule has 1 fully saturated rings. The predicted molar refractivity (Wildman–Crippen MR) is 84.0 cm³/mol. The van der Waals surface area contributed by atoms with Gasteiger partial charge in [0.1, 0.15) is 6.07 Å². The number of rotatable bonds is 4. The van der Waals surface area contributed by atoms with Crippen molar-refractivity contribution in [3.05, 3.63) is 28.8 Å². The van der Waals surface area contributed by atoms with Crippen molar-refractivity contribution in [3.8, 4) is 6.07 Å². The first-order valence-electron chi connectivity index (χ1n) is 7.37. The number of nitrogens with two attached hydrogens (primary N) is 1. The molecule has 0 amide bonds. The van der Waals surface area contributed by atoms with Crippen molar-refractivity contribution in [3.63, 3.8) is 0 Å². The first kappa shape index (κ1) is 15.2. The van der Waals surface area contributed by atoms with Gasteiger partial charge in [-0.2, -0.15) is 5.26 Å². The molecule has 4 heteroatoms. The predicted octanol–water partition coefficient (Wildman–Crippen LogP) is 3.56. The highest BCUT2D eigenvalue weighted by molar-refractivity contribution is 6.32. The maximum atomic E-state index is 8.97. The summed E-state index contributed by atoms with van der Waals surface area (Å²) in [7, 11) is 0. The minimum absolute atomic E-state index is 0.489. The van der Waals surface area contributed by atoms with Crippen molar-refractivity contribution >= 4 is 17.3 Å². The van der Waals surface area contributed by atoms with Crippen LogP contribution in [0.2, 0.25) is 5.02 Å². The Labute approximate surface area is 126 Å². The molecule has 2 unspecified atom stereocenters. The van der Waals surface area contributed by atoms with Gasteiger partial charge in [0, 0.05) is 18.3 Å². The average molecular weight is 292 g/mol. The molecule has 108 valence electrons. The summed E-state index contributed by atoms with van der Waals surface area (Å²) >= 11 is 6.17. The number of nitriles is 1. The SMILES string of the molecule is CCN(c1ccc(C#N)c(Cl)c1)C1CCCCC1CN. The molecule has 0 bridgehead atoms. The summed E-state index contributed by atoms with van der Waals surface area (Å²) in [6.45, 7) is 3.84. The van der Waals surface area contributed by atoms with Crippen LogP contribution in [0.4, 0.5) is 5.69 Å². The van der Waals surface area contributed by atoms with Crippen LogP contribution in [-0.2, 0) is 0 Å². The summed E-state index contributed by atoms with van der Waals surface area (Å²) in [5.41, 5.74) is 7.58. The highest BCUT2D eigenvalue weighted by atomic mass is 35.5. The monoisotopic (exact) mass is 291 g/mol. The van der Waals surface area contributed by atoms with E-state index in [9.17, 15) is 0 Å². The highest BCUT2D eigenvalue weighted by Gasteiger charge is 2.28. The standard InChI is InChI=1S/C16H22ClN3/c1-2-20(16-6-4-3-5-13(16)11-19)14-8-7-12(10-18)15(17)9-14/h7-9,13,16H,2-6,11,19H2,1H3. The van der Waals surface area contributed by atoms with Crippen LogP contribution < -0.4 is 10.6 Å². The molecule has 1 aliphatic rings. The van der Waals surface area contributed by atoms with Gasteiger partial charge >= 0.3 is 0 Å². The molecular formula is C16H22ClN3. The Kier molecular flexibility index (Phi) is 5.28. The molecular weight excluding hydrogens is 270 g/mol. The zero-order valence-corrected chi connectivity index (χ0v) is 12.7. The number of benzene rings is 1. The second-order valence-electron chi connectivity index (χ2n) is 5.41. The molecule has 2 atom stereocenters. The lowest BCUT2D eigenvalue weighted by Crippen LogP contribution is -2.45. The normalized spacial score (nSPS) is 22.3. The lowest BCUT2D eigenvalue weighted by atomic mass is 9.83. The van der Waals surface area contributed by atoms with E-state index in [1.54, 1.807) is 6.07 Å². The van der Waals surface area contributed by atoms with E-state index in [2.05, 4.69) is 17.9 Å². The molecule has 0 spiro atoms. The maximum Gasteiger partial charge on any atom is 0.101 e. The van der Waals surface area contributed by atoms with Gasteiger partial charge in [-0.1, -0.05) is 24.4 Å². The molecule has 2 N–H and O–H groups in total. The first-order chi connectivity index (χ1) is 9.71. The Balaban J connectivity index is 2.27. The zero-order chi connectivity index (χ0) is 14.5. The molecule has 20 heavy (non-hydrogen) atoms. The minimum atomic E-state index is 0.489. The fourth-order valence-electron chi connectivity index (χ4n) is 3.26. The fourth-order valence-corrected chi connectivity index (χ4v) is 3.47. The summed E-state index contributed by atoms with van der Waals surface area (Å²) in [5.74, 6) is 0.554. The average Bonchev–Trinajstić information content (AvgIpc) is 2.49. The second-order valence-corrected chi connectivity index (χ2v) is 5.82. The van der Waals surface area contributed by atoms with Gasteiger partial charge in [-0.3, -0.25) is 0 Å².